The first-order chi connectivity index (χ1) is 12.3. The van der Waals surface area contributed by atoms with E-state index in [4.69, 9.17) is 0 Å². The van der Waals surface area contributed by atoms with Gasteiger partial charge in [-0.3, -0.25) is 14.0 Å². The largest absolute Gasteiger partial charge is 0.336 e. The Bertz CT molecular complexity index is 766. The van der Waals surface area contributed by atoms with Gasteiger partial charge in [-0.05, 0) is 37.0 Å². The zero-order valence-corrected chi connectivity index (χ0v) is 16.8. The summed E-state index contributed by atoms with van der Waals surface area (Å²) in [6.07, 6.45) is 4.19. The standard InChI is InChI=1S/C19H29N3O3S/c1-4-17(5-2)20-10-12-21(13-11-20)19(23)16-7-6-15-8-9-22(18(15)14-16)26(3,24)25/h6-7,14,17H,4-5,8-13H2,1-3H3. The summed E-state index contributed by atoms with van der Waals surface area (Å²) in [6.45, 7) is 8.13. The number of anilines is 1. The summed E-state index contributed by atoms with van der Waals surface area (Å²) in [4.78, 5) is 17.3. The van der Waals surface area contributed by atoms with Crippen LogP contribution < -0.4 is 4.31 Å². The Hall–Kier alpha value is -1.60. The molecule has 0 unspecified atom stereocenters. The molecule has 0 bridgehead atoms. The van der Waals surface area contributed by atoms with Crippen LogP contribution in [0.1, 0.15) is 42.6 Å². The van der Waals surface area contributed by atoms with Gasteiger partial charge in [0.1, 0.15) is 0 Å². The molecule has 2 heterocycles. The number of nitrogens with zero attached hydrogens (tertiary/aromatic N) is 3. The molecule has 1 fully saturated rings. The number of rotatable bonds is 5. The summed E-state index contributed by atoms with van der Waals surface area (Å²) < 4.78 is 25.3. The van der Waals surface area contributed by atoms with Crippen LogP contribution in [-0.2, 0) is 16.4 Å². The first kappa shape index (κ1) is 19.2. The molecule has 2 aliphatic rings. The first-order valence-corrected chi connectivity index (χ1v) is 11.3. The Labute approximate surface area is 156 Å². The van der Waals surface area contributed by atoms with E-state index >= 15 is 0 Å². The lowest BCUT2D eigenvalue weighted by molar-refractivity contribution is 0.0559. The molecular formula is C19H29N3O3S. The molecule has 0 atom stereocenters. The van der Waals surface area contributed by atoms with E-state index in [0.29, 0.717) is 30.3 Å². The van der Waals surface area contributed by atoms with Crippen molar-refractivity contribution < 1.29 is 13.2 Å². The Morgan fingerprint density at radius 2 is 1.73 bits per heavy atom. The van der Waals surface area contributed by atoms with Gasteiger partial charge < -0.3 is 4.90 Å². The van der Waals surface area contributed by atoms with Gasteiger partial charge in [0.25, 0.3) is 5.91 Å². The maximum absolute atomic E-state index is 12.9. The molecule has 0 aromatic heterocycles. The van der Waals surface area contributed by atoms with Crippen molar-refractivity contribution in [1.29, 1.82) is 0 Å². The maximum atomic E-state index is 12.9. The number of piperazine rings is 1. The van der Waals surface area contributed by atoms with Gasteiger partial charge in [-0.25, -0.2) is 8.42 Å². The van der Waals surface area contributed by atoms with E-state index < -0.39 is 10.0 Å². The lowest BCUT2D eigenvalue weighted by Gasteiger charge is -2.39. The minimum atomic E-state index is -3.30. The normalized spacial score (nSPS) is 18.5. The predicted octanol–water partition coefficient (Wildman–Crippen LogP) is 1.96. The minimum absolute atomic E-state index is 0.00246. The molecule has 1 saturated heterocycles. The molecule has 0 spiro atoms. The van der Waals surface area contributed by atoms with Crippen LogP contribution in [0.5, 0.6) is 0 Å². The fraction of sp³-hybridized carbons (Fsp3) is 0.632. The molecule has 1 aromatic rings. The SMILES string of the molecule is CCC(CC)N1CCN(C(=O)c2ccc3c(c2)N(S(C)(=O)=O)CC3)CC1. The third-order valence-electron chi connectivity index (χ3n) is 5.65. The van der Waals surface area contributed by atoms with Crippen LogP contribution in [0.15, 0.2) is 18.2 Å². The molecule has 1 amide bonds. The molecule has 3 rings (SSSR count). The summed E-state index contributed by atoms with van der Waals surface area (Å²) in [5, 5.41) is 0. The van der Waals surface area contributed by atoms with Crippen LogP contribution in [0.4, 0.5) is 5.69 Å². The lowest BCUT2D eigenvalue weighted by atomic mass is 10.1. The quantitative estimate of drug-likeness (QED) is 0.785. The van der Waals surface area contributed by atoms with E-state index in [9.17, 15) is 13.2 Å². The van der Waals surface area contributed by atoms with Crippen molar-refractivity contribution in [3.05, 3.63) is 29.3 Å². The van der Waals surface area contributed by atoms with Gasteiger partial charge in [-0.1, -0.05) is 19.9 Å². The minimum Gasteiger partial charge on any atom is -0.336 e. The first-order valence-electron chi connectivity index (χ1n) is 9.49. The monoisotopic (exact) mass is 379 g/mol. The van der Waals surface area contributed by atoms with E-state index in [-0.39, 0.29) is 5.91 Å². The highest BCUT2D eigenvalue weighted by Gasteiger charge is 2.29. The van der Waals surface area contributed by atoms with Crippen molar-refractivity contribution in [1.82, 2.24) is 9.80 Å². The van der Waals surface area contributed by atoms with E-state index in [1.54, 1.807) is 6.07 Å². The van der Waals surface area contributed by atoms with Crippen LogP contribution >= 0.6 is 0 Å². The fourth-order valence-electron chi connectivity index (χ4n) is 4.11. The Kier molecular flexibility index (Phi) is 5.58. The lowest BCUT2D eigenvalue weighted by Crippen LogP contribution is -2.51. The topological polar surface area (TPSA) is 60.9 Å². The number of hydrogen-bond donors (Lipinski definition) is 0. The van der Waals surface area contributed by atoms with Crippen molar-refractivity contribution in [2.45, 2.75) is 39.2 Å². The van der Waals surface area contributed by atoms with Gasteiger partial charge in [0.05, 0.1) is 11.9 Å². The Balaban J connectivity index is 1.72. The summed E-state index contributed by atoms with van der Waals surface area (Å²) in [7, 11) is -3.30. The number of fused-ring (bicyclic) bond motifs is 1. The fourth-order valence-corrected chi connectivity index (χ4v) is 5.06. The zero-order chi connectivity index (χ0) is 18.9. The van der Waals surface area contributed by atoms with Crippen LogP contribution in [0, 0.1) is 0 Å². The highest BCUT2D eigenvalue weighted by molar-refractivity contribution is 7.92. The molecule has 144 valence electrons. The number of sulfonamides is 1. The summed E-state index contributed by atoms with van der Waals surface area (Å²) >= 11 is 0. The number of hydrogen-bond acceptors (Lipinski definition) is 4. The molecular weight excluding hydrogens is 350 g/mol. The van der Waals surface area contributed by atoms with Gasteiger partial charge in [-0.2, -0.15) is 0 Å². The predicted molar refractivity (Wildman–Crippen MR) is 104 cm³/mol. The van der Waals surface area contributed by atoms with Crippen molar-refractivity contribution in [3.63, 3.8) is 0 Å². The van der Waals surface area contributed by atoms with Gasteiger partial charge in [0.15, 0.2) is 0 Å². The number of benzene rings is 1. The Morgan fingerprint density at radius 3 is 2.31 bits per heavy atom. The Morgan fingerprint density at radius 1 is 1.08 bits per heavy atom. The van der Waals surface area contributed by atoms with Gasteiger partial charge >= 0.3 is 0 Å². The molecule has 0 radical (unpaired) electrons. The van der Waals surface area contributed by atoms with E-state index in [1.165, 1.54) is 10.6 Å². The molecule has 0 saturated carbocycles. The van der Waals surface area contributed by atoms with E-state index in [2.05, 4.69) is 18.7 Å². The van der Waals surface area contributed by atoms with Gasteiger partial charge in [0, 0.05) is 44.3 Å². The second-order valence-electron chi connectivity index (χ2n) is 7.23. The molecule has 1 aromatic carbocycles. The van der Waals surface area contributed by atoms with Crippen LogP contribution in [-0.4, -0.2) is 69.1 Å². The molecule has 6 nitrogen and oxygen atoms in total. The molecule has 2 aliphatic heterocycles. The van der Waals surface area contributed by atoms with E-state index in [1.807, 2.05) is 17.0 Å². The molecule has 26 heavy (non-hydrogen) atoms. The maximum Gasteiger partial charge on any atom is 0.254 e. The van der Waals surface area contributed by atoms with Crippen molar-refractivity contribution in [3.8, 4) is 0 Å². The third-order valence-corrected chi connectivity index (χ3v) is 6.83. The van der Waals surface area contributed by atoms with Gasteiger partial charge in [-0.15, -0.1) is 0 Å². The number of carbonyl (C=O) groups excluding carboxylic acids is 1. The molecule has 7 heteroatoms. The summed E-state index contributed by atoms with van der Waals surface area (Å²) in [6, 6.07) is 6.07. The second-order valence-corrected chi connectivity index (χ2v) is 9.13. The highest BCUT2D eigenvalue weighted by Crippen LogP contribution is 2.31. The average Bonchev–Trinajstić information content (AvgIpc) is 3.06. The molecule has 0 N–H and O–H groups in total. The summed E-state index contributed by atoms with van der Waals surface area (Å²) in [5.74, 6) is -0.00246. The third kappa shape index (κ3) is 3.74. The van der Waals surface area contributed by atoms with Crippen molar-refractivity contribution in [2.24, 2.45) is 0 Å². The van der Waals surface area contributed by atoms with Crippen LogP contribution in [0.25, 0.3) is 0 Å². The van der Waals surface area contributed by atoms with Crippen molar-refractivity contribution in [2.75, 3.05) is 43.3 Å². The van der Waals surface area contributed by atoms with Crippen LogP contribution in [0.2, 0.25) is 0 Å². The second kappa shape index (κ2) is 7.56. The zero-order valence-electron chi connectivity index (χ0n) is 15.9. The molecule has 0 aliphatic carbocycles. The van der Waals surface area contributed by atoms with Crippen molar-refractivity contribution >= 4 is 21.6 Å². The van der Waals surface area contributed by atoms with Gasteiger partial charge in [0.2, 0.25) is 10.0 Å². The smallest absolute Gasteiger partial charge is 0.254 e. The highest BCUT2D eigenvalue weighted by atomic mass is 32.2. The summed E-state index contributed by atoms with van der Waals surface area (Å²) in [5.41, 5.74) is 2.23. The van der Waals surface area contributed by atoms with E-state index in [0.717, 1.165) is 44.6 Å². The number of amides is 1. The number of carbonyl (C=O) groups is 1. The average molecular weight is 380 g/mol. The van der Waals surface area contributed by atoms with Crippen LogP contribution in [0.3, 0.4) is 0 Å².